The minimum Gasteiger partial charge on any atom is -0.325 e. The first-order valence-corrected chi connectivity index (χ1v) is 6.58. The van der Waals surface area contributed by atoms with Gasteiger partial charge in [0.2, 0.25) is 0 Å². The van der Waals surface area contributed by atoms with Crippen molar-refractivity contribution in [3.63, 3.8) is 0 Å². The van der Waals surface area contributed by atoms with Gasteiger partial charge >= 0.3 is 0 Å². The average molecular weight is 282 g/mol. The molecular formula is C12H12ClN3OS. The number of carbonyl (C=O) groups is 1. The van der Waals surface area contributed by atoms with E-state index in [0.717, 1.165) is 10.6 Å². The topological polar surface area (TPSA) is 68.0 Å². The van der Waals surface area contributed by atoms with Crippen molar-refractivity contribution in [3.8, 4) is 0 Å². The minimum atomic E-state index is -0.276. The van der Waals surface area contributed by atoms with E-state index in [4.69, 9.17) is 17.3 Å². The zero-order valence-corrected chi connectivity index (χ0v) is 11.3. The molecular weight excluding hydrogens is 270 g/mol. The largest absolute Gasteiger partial charge is 0.325 e. The summed E-state index contributed by atoms with van der Waals surface area (Å²) < 4.78 is 0. The van der Waals surface area contributed by atoms with Gasteiger partial charge in [-0.15, -0.1) is 11.3 Å². The number of carbonyl (C=O) groups excluding carboxylic acids is 1. The zero-order chi connectivity index (χ0) is 13.1. The molecule has 0 fully saturated rings. The Morgan fingerprint density at radius 2 is 2.33 bits per heavy atom. The smallest absolute Gasteiger partial charge is 0.275 e. The van der Waals surface area contributed by atoms with Crippen molar-refractivity contribution in [2.75, 3.05) is 5.32 Å². The molecule has 1 heterocycles. The molecule has 0 bridgehead atoms. The maximum atomic E-state index is 12.0. The highest BCUT2D eigenvalue weighted by Gasteiger charge is 2.13. The molecule has 0 radical (unpaired) electrons. The van der Waals surface area contributed by atoms with E-state index in [1.165, 1.54) is 11.3 Å². The van der Waals surface area contributed by atoms with Crippen LogP contribution in [0.2, 0.25) is 5.02 Å². The predicted octanol–water partition coefficient (Wildman–Crippen LogP) is 2.82. The van der Waals surface area contributed by atoms with Crippen LogP contribution in [0.15, 0.2) is 23.6 Å². The number of hydrogen-bond acceptors (Lipinski definition) is 4. The Morgan fingerprint density at radius 1 is 1.56 bits per heavy atom. The summed E-state index contributed by atoms with van der Waals surface area (Å²) in [5.74, 6) is -0.276. The number of aromatic nitrogens is 1. The first kappa shape index (κ1) is 13.0. The number of hydrogen-bond donors (Lipinski definition) is 2. The molecule has 2 aromatic rings. The predicted molar refractivity (Wildman–Crippen MR) is 74.1 cm³/mol. The van der Waals surface area contributed by atoms with Gasteiger partial charge in [-0.25, -0.2) is 4.98 Å². The molecule has 6 heteroatoms. The van der Waals surface area contributed by atoms with Crippen LogP contribution in [0.5, 0.6) is 0 Å². The molecule has 18 heavy (non-hydrogen) atoms. The fourth-order valence-corrected chi connectivity index (χ4v) is 2.40. The van der Waals surface area contributed by atoms with Gasteiger partial charge in [-0.3, -0.25) is 4.79 Å². The van der Waals surface area contributed by atoms with E-state index in [9.17, 15) is 4.79 Å². The van der Waals surface area contributed by atoms with E-state index in [2.05, 4.69) is 10.3 Å². The van der Waals surface area contributed by atoms with Crippen LogP contribution in [0.25, 0.3) is 0 Å². The number of nitrogens with zero attached hydrogens (tertiary/aromatic N) is 1. The maximum Gasteiger partial charge on any atom is 0.275 e. The van der Waals surface area contributed by atoms with Crippen LogP contribution in [0.3, 0.4) is 0 Å². The summed E-state index contributed by atoms with van der Waals surface area (Å²) in [5.41, 5.74) is 7.34. The Labute approximate surface area is 114 Å². The van der Waals surface area contributed by atoms with Crippen LogP contribution in [0, 0.1) is 6.92 Å². The fraction of sp³-hybridized carbons (Fsp3) is 0.167. The highest BCUT2D eigenvalue weighted by atomic mass is 35.5. The number of anilines is 1. The number of nitrogens with two attached hydrogens (primary N) is 1. The highest BCUT2D eigenvalue weighted by Crippen LogP contribution is 2.25. The van der Waals surface area contributed by atoms with Crippen LogP contribution in [-0.2, 0) is 6.54 Å². The van der Waals surface area contributed by atoms with Crippen molar-refractivity contribution in [2.45, 2.75) is 13.5 Å². The van der Waals surface area contributed by atoms with Crippen LogP contribution < -0.4 is 11.1 Å². The Balaban J connectivity index is 2.21. The second-order valence-corrected chi connectivity index (χ2v) is 5.07. The number of para-hydroxylation sites is 1. The summed E-state index contributed by atoms with van der Waals surface area (Å²) in [6.45, 7) is 2.22. The van der Waals surface area contributed by atoms with Crippen molar-refractivity contribution in [3.05, 3.63) is 44.9 Å². The molecule has 0 aliphatic carbocycles. The first-order chi connectivity index (χ1) is 8.61. The van der Waals surface area contributed by atoms with E-state index in [-0.39, 0.29) is 5.91 Å². The number of nitrogens with one attached hydrogen (secondary N) is 1. The maximum absolute atomic E-state index is 12.0. The van der Waals surface area contributed by atoms with Gasteiger partial charge < -0.3 is 11.1 Å². The van der Waals surface area contributed by atoms with Crippen molar-refractivity contribution in [1.29, 1.82) is 0 Å². The highest BCUT2D eigenvalue weighted by molar-refractivity contribution is 7.09. The Hall–Kier alpha value is -1.43. The fourth-order valence-electron chi connectivity index (χ4n) is 1.48. The molecule has 0 saturated carbocycles. The lowest BCUT2D eigenvalue weighted by Crippen LogP contribution is -2.14. The number of thiazole rings is 1. The number of amides is 1. The summed E-state index contributed by atoms with van der Waals surface area (Å²) in [7, 11) is 0. The number of rotatable bonds is 3. The van der Waals surface area contributed by atoms with Crippen LogP contribution in [0.4, 0.5) is 5.69 Å². The third-order valence-electron chi connectivity index (χ3n) is 2.42. The normalized spacial score (nSPS) is 10.4. The van der Waals surface area contributed by atoms with Crippen molar-refractivity contribution >= 4 is 34.5 Å². The van der Waals surface area contributed by atoms with Crippen LogP contribution >= 0.6 is 22.9 Å². The van der Waals surface area contributed by atoms with Gasteiger partial charge in [0.05, 0.1) is 10.7 Å². The van der Waals surface area contributed by atoms with Crippen molar-refractivity contribution in [2.24, 2.45) is 5.73 Å². The standard InChI is InChI=1S/C12H12ClN3OS/c1-7-3-2-4-8(13)11(7)16-12(17)9-6-18-10(5-14)15-9/h2-4,6H,5,14H2,1H3,(H,16,17). The molecule has 0 spiro atoms. The summed E-state index contributed by atoms with van der Waals surface area (Å²) in [6, 6.07) is 5.45. The third-order valence-corrected chi connectivity index (χ3v) is 3.61. The number of benzene rings is 1. The summed E-state index contributed by atoms with van der Waals surface area (Å²) in [4.78, 5) is 16.1. The van der Waals surface area contributed by atoms with E-state index in [1.54, 1.807) is 11.4 Å². The summed E-state index contributed by atoms with van der Waals surface area (Å²) >= 11 is 7.41. The molecule has 1 aromatic carbocycles. The van der Waals surface area contributed by atoms with Crippen LogP contribution in [0.1, 0.15) is 21.1 Å². The monoisotopic (exact) mass is 281 g/mol. The second kappa shape index (κ2) is 5.48. The minimum absolute atomic E-state index is 0.276. The summed E-state index contributed by atoms with van der Waals surface area (Å²) in [6.07, 6.45) is 0. The SMILES string of the molecule is Cc1cccc(Cl)c1NC(=O)c1csc(CN)n1. The molecule has 3 N–H and O–H groups in total. The summed E-state index contributed by atoms with van der Waals surface area (Å²) in [5, 5.41) is 5.69. The zero-order valence-electron chi connectivity index (χ0n) is 9.74. The third kappa shape index (κ3) is 2.69. The molecule has 1 amide bonds. The van der Waals surface area contributed by atoms with Crippen LogP contribution in [-0.4, -0.2) is 10.9 Å². The van der Waals surface area contributed by atoms with E-state index in [0.29, 0.717) is 22.9 Å². The lowest BCUT2D eigenvalue weighted by Gasteiger charge is -2.08. The Morgan fingerprint density at radius 3 is 2.94 bits per heavy atom. The molecule has 2 rings (SSSR count). The average Bonchev–Trinajstić information content (AvgIpc) is 2.82. The molecule has 1 aromatic heterocycles. The molecule has 4 nitrogen and oxygen atoms in total. The van der Waals surface area contributed by atoms with Gasteiger partial charge in [0.1, 0.15) is 10.7 Å². The Bertz CT molecular complexity index is 562. The van der Waals surface area contributed by atoms with Crippen molar-refractivity contribution in [1.82, 2.24) is 4.98 Å². The van der Waals surface area contributed by atoms with Gasteiger partial charge in [-0.1, -0.05) is 23.7 Å². The first-order valence-electron chi connectivity index (χ1n) is 5.32. The Kier molecular flexibility index (Phi) is 3.96. The molecule has 94 valence electrons. The van der Waals surface area contributed by atoms with Gasteiger partial charge in [0.15, 0.2) is 0 Å². The number of aryl methyl sites for hydroxylation is 1. The van der Waals surface area contributed by atoms with Gasteiger partial charge in [0, 0.05) is 11.9 Å². The lowest BCUT2D eigenvalue weighted by molar-refractivity contribution is 0.102. The molecule has 0 atom stereocenters. The quantitative estimate of drug-likeness (QED) is 0.909. The van der Waals surface area contributed by atoms with Gasteiger partial charge in [0.25, 0.3) is 5.91 Å². The lowest BCUT2D eigenvalue weighted by atomic mass is 10.2. The number of halogens is 1. The molecule has 0 saturated heterocycles. The second-order valence-electron chi connectivity index (χ2n) is 3.72. The van der Waals surface area contributed by atoms with Gasteiger partial charge in [-0.2, -0.15) is 0 Å². The molecule has 0 aliphatic rings. The van der Waals surface area contributed by atoms with E-state index < -0.39 is 0 Å². The van der Waals surface area contributed by atoms with Gasteiger partial charge in [-0.05, 0) is 18.6 Å². The van der Waals surface area contributed by atoms with E-state index >= 15 is 0 Å². The molecule has 0 unspecified atom stereocenters. The molecule has 0 aliphatic heterocycles. The van der Waals surface area contributed by atoms with Crippen molar-refractivity contribution < 1.29 is 4.79 Å². The van der Waals surface area contributed by atoms with E-state index in [1.807, 2.05) is 19.1 Å².